The van der Waals surface area contributed by atoms with E-state index < -0.39 is 12.0 Å². The molecular formula is C11H8F3N3. The van der Waals surface area contributed by atoms with Gasteiger partial charge in [0.25, 0.3) is 0 Å². The van der Waals surface area contributed by atoms with E-state index in [1.165, 1.54) is 0 Å². The van der Waals surface area contributed by atoms with Gasteiger partial charge in [-0.05, 0) is 19.1 Å². The molecule has 88 valence electrons. The van der Waals surface area contributed by atoms with Gasteiger partial charge in [0.15, 0.2) is 0 Å². The molecule has 0 unspecified atom stereocenters. The van der Waals surface area contributed by atoms with Gasteiger partial charge in [0.05, 0.1) is 5.69 Å². The lowest BCUT2D eigenvalue weighted by Gasteiger charge is -2.05. The molecular weight excluding hydrogens is 231 g/mol. The second kappa shape index (κ2) is 4.12. The lowest BCUT2D eigenvalue weighted by atomic mass is 10.2. The van der Waals surface area contributed by atoms with Crippen LogP contribution in [0.3, 0.4) is 0 Å². The van der Waals surface area contributed by atoms with Crippen molar-refractivity contribution in [2.45, 2.75) is 13.1 Å². The SMILES string of the molecule is Cc1cccc(-c2cnc(C(F)(F)F)nc2)n1. The molecule has 0 aliphatic rings. The van der Waals surface area contributed by atoms with Gasteiger partial charge < -0.3 is 0 Å². The molecule has 0 spiro atoms. The van der Waals surface area contributed by atoms with Crippen molar-refractivity contribution in [2.75, 3.05) is 0 Å². The van der Waals surface area contributed by atoms with Crippen molar-refractivity contribution < 1.29 is 13.2 Å². The van der Waals surface area contributed by atoms with E-state index >= 15 is 0 Å². The summed E-state index contributed by atoms with van der Waals surface area (Å²) in [5.74, 6) is -1.14. The van der Waals surface area contributed by atoms with E-state index in [-0.39, 0.29) is 0 Å². The van der Waals surface area contributed by atoms with E-state index in [4.69, 9.17) is 0 Å². The third-order valence-corrected chi connectivity index (χ3v) is 2.09. The van der Waals surface area contributed by atoms with Crippen molar-refractivity contribution in [2.24, 2.45) is 0 Å². The average molecular weight is 239 g/mol. The molecule has 0 bridgehead atoms. The van der Waals surface area contributed by atoms with Crippen LogP contribution >= 0.6 is 0 Å². The van der Waals surface area contributed by atoms with Crippen LogP contribution in [0.1, 0.15) is 11.5 Å². The Kier molecular flexibility index (Phi) is 2.79. The summed E-state index contributed by atoms with van der Waals surface area (Å²) in [6.07, 6.45) is -2.27. The van der Waals surface area contributed by atoms with Crippen molar-refractivity contribution in [3.63, 3.8) is 0 Å². The van der Waals surface area contributed by atoms with Gasteiger partial charge in [-0.15, -0.1) is 0 Å². The molecule has 6 heteroatoms. The van der Waals surface area contributed by atoms with Crippen molar-refractivity contribution in [3.8, 4) is 11.3 Å². The number of pyridine rings is 1. The maximum atomic E-state index is 12.2. The molecule has 2 aromatic rings. The first-order valence-corrected chi connectivity index (χ1v) is 4.80. The Hall–Kier alpha value is -1.98. The highest BCUT2D eigenvalue weighted by Crippen LogP contribution is 2.26. The molecule has 0 N–H and O–H groups in total. The summed E-state index contributed by atoms with van der Waals surface area (Å²) in [5.41, 5.74) is 1.79. The Morgan fingerprint density at radius 1 is 1.06 bits per heavy atom. The highest BCUT2D eigenvalue weighted by molar-refractivity contribution is 5.56. The Morgan fingerprint density at radius 3 is 2.24 bits per heavy atom. The zero-order chi connectivity index (χ0) is 12.5. The standard InChI is InChI=1S/C11H8F3N3/c1-7-3-2-4-9(17-7)8-5-15-10(16-6-8)11(12,13)14/h2-6H,1H3. The van der Waals surface area contributed by atoms with E-state index in [0.717, 1.165) is 18.1 Å². The predicted octanol–water partition coefficient (Wildman–Crippen LogP) is 2.87. The van der Waals surface area contributed by atoms with Crippen LogP contribution in [0.5, 0.6) is 0 Å². The van der Waals surface area contributed by atoms with Crippen molar-refractivity contribution in [1.82, 2.24) is 15.0 Å². The molecule has 2 heterocycles. The van der Waals surface area contributed by atoms with E-state index in [9.17, 15) is 13.2 Å². The summed E-state index contributed by atoms with van der Waals surface area (Å²) in [6, 6.07) is 5.27. The van der Waals surface area contributed by atoms with Gasteiger partial charge in [-0.2, -0.15) is 13.2 Å². The zero-order valence-corrected chi connectivity index (χ0v) is 8.86. The highest BCUT2D eigenvalue weighted by atomic mass is 19.4. The zero-order valence-electron chi connectivity index (χ0n) is 8.86. The highest BCUT2D eigenvalue weighted by Gasteiger charge is 2.34. The summed E-state index contributed by atoms with van der Waals surface area (Å²) in [4.78, 5) is 10.7. The van der Waals surface area contributed by atoms with Gasteiger partial charge in [-0.3, -0.25) is 4.98 Å². The molecule has 0 aromatic carbocycles. The van der Waals surface area contributed by atoms with Crippen molar-refractivity contribution in [1.29, 1.82) is 0 Å². The fourth-order valence-electron chi connectivity index (χ4n) is 1.31. The first kappa shape index (κ1) is 11.5. The van der Waals surface area contributed by atoms with Crippen LogP contribution in [0.15, 0.2) is 30.6 Å². The van der Waals surface area contributed by atoms with E-state index in [0.29, 0.717) is 11.3 Å². The fourth-order valence-corrected chi connectivity index (χ4v) is 1.31. The molecule has 0 radical (unpaired) electrons. The average Bonchev–Trinajstić information content (AvgIpc) is 2.28. The number of hydrogen-bond donors (Lipinski definition) is 0. The largest absolute Gasteiger partial charge is 0.451 e. The van der Waals surface area contributed by atoms with Gasteiger partial charge in [-0.25, -0.2) is 9.97 Å². The van der Waals surface area contributed by atoms with Crippen LogP contribution in [0.4, 0.5) is 13.2 Å². The first-order valence-electron chi connectivity index (χ1n) is 4.80. The van der Waals surface area contributed by atoms with Crippen LogP contribution in [0.25, 0.3) is 11.3 Å². The second-order valence-corrected chi connectivity index (χ2v) is 3.46. The minimum absolute atomic E-state index is 0.460. The molecule has 0 saturated carbocycles. The fraction of sp³-hybridized carbons (Fsp3) is 0.182. The lowest BCUT2D eigenvalue weighted by molar-refractivity contribution is -0.144. The minimum Gasteiger partial charge on any atom is -0.253 e. The number of aryl methyl sites for hydroxylation is 1. The number of halogens is 3. The summed E-state index contributed by atoms with van der Waals surface area (Å²) in [5, 5.41) is 0. The van der Waals surface area contributed by atoms with Gasteiger partial charge in [0.2, 0.25) is 5.82 Å². The van der Waals surface area contributed by atoms with Crippen LogP contribution in [0.2, 0.25) is 0 Å². The number of hydrogen-bond acceptors (Lipinski definition) is 3. The smallest absolute Gasteiger partial charge is 0.253 e. The molecule has 17 heavy (non-hydrogen) atoms. The number of nitrogens with zero attached hydrogens (tertiary/aromatic N) is 3. The van der Waals surface area contributed by atoms with Crippen molar-refractivity contribution >= 4 is 0 Å². The Bertz CT molecular complexity index is 520. The van der Waals surface area contributed by atoms with Crippen LogP contribution < -0.4 is 0 Å². The number of aromatic nitrogens is 3. The first-order chi connectivity index (χ1) is 7.97. The Balaban J connectivity index is 2.36. The second-order valence-electron chi connectivity index (χ2n) is 3.46. The van der Waals surface area contributed by atoms with Crippen LogP contribution in [0, 0.1) is 6.92 Å². The molecule has 0 amide bonds. The summed E-state index contributed by atoms with van der Waals surface area (Å²) in [6.45, 7) is 1.80. The topological polar surface area (TPSA) is 38.7 Å². The normalized spacial score (nSPS) is 11.5. The van der Waals surface area contributed by atoms with Gasteiger partial charge in [0.1, 0.15) is 0 Å². The van der Waals surface area contributed by atoms with Crippen LogP contribution in [-0.4, -0.2) is 15.0 Å². The molecule has 0 fully saturated rings. The Labute approximate surface area is 95.4 Å². The van der Waals surface area contributed by atoms with Crippen LogP contribution in [-0.2, 0) is 6.18 Å². The molecule has 3 nitrogen and oxygen atoms in total. The van der Waals surface area contributed by atoms with Crippen molar-refractivity contribution in [3.05, 3.63) is 42.1 Å². The van der Waals surface area contributed by atoms with E-state index in [2.05, 4.69) is 15.0 Å². The number of rotatable bonds is 1. The monoisotopic (exact) mass is 239 g/mol. The molecule has 0 atom stereocenters. The maximum Gasteiger partial charge on any atom is 0.451 e. The van der Waals surface area contributed by atoms with Gasteiger partial charge in [-0.1, -0.05) is 6.07 Å². The summed E-state index contributed by atoms with van der Waals surface area (Å²) in [7, 11) is 0. The predicted molar refractivity (Wildman–Crippen MR) is 55.0 cm³/mol. The molecule has 2 rings (SSSR count). The van der Waals surface area contributed by atoms with Gasteiger partial charge in [0, 0.05) is 23.7 Å². The molecule has 0 saturated heterocycles. The molecule has 2 aromatic heterocycles. The van der Waals surface area contributed by atoms with Gasteiger partial charge >= 0.3 is 6.18 Å². The molecule has 0 aliphatic heterocycles. The summed E-state index contributed by atoms with van der Waals surface area (Å²) < 4.78 is 36.7. The third-order valence-electron chi connectivity index (χ3n) is 2.09. The number of alkyl halides is 3. The van der Waals surface area contributed by atoms with E-state index in [1.54, 1.807) is 25.1 Å². The summed E-state index contributed by atoms with van der Waals surface area (Å²) >= 11 is 0. The van der Waals surface area contributed by atoms with E-state index in [1.807, 2.05) is 0 Å². The Morgan fingerprint density at radius 2 is 1.71 bits per heavy atom. The quantitative estimate of drug-likeness (QED) is 0.768. The third kappa shape index (κ3) is 2.58. The maximum absolute atomic E-state index is 12.2. The molecule has 0 aliphatic carbocycles. The lowest BCUT2D eigenvalue weighted by Crippen LogP contribution is -2.10. The minimum atomic E-state index is -4.52.